The lowest BCUT2D eigenvalue weighted by atomic mass is 9.78. The minimum Gasteiger partial charge on any atom is -0.494 e. The van der Waals surface area contributed by atoms with E-state index in [0.29, 0.717) is 11.6 Å². The molecule has 0 saturated carbocycles. The molecule has 154 valence electrons. The Morgan fingerprint density at radius 2 is 1.71 bits per heavy atom. The molecule has 6 heteroatoms. The van der Waals surface area contributed by atoms with Gasteiger partial charge in [0.1, 0.15) is 5.75 Å². The van der Waals surface area contributed by atoms with Gasteiger partial charge < -0.3 is 14.6 Å². The number of nitrogens with zero attached hydrogens (tertiary/aromatic N) is 1. The molecule has 0 bridgehead atoms. The summed E-state index contributed by atoms with van der Waals surface area (Å²) in [4.78, 5) is 2.35. The van der Waals surface area contributed by atoms with Gasteiger partial charge in [-0.3, -0.25) is 4.90 Å². The zero-order chi connectivity index (χ0) is 19.3. The highest BCUT2D eigenvalue weighted by Crippen LogP contribution is 2.38. The molecule has 0 aromatic heterocycles. The Kier molecular flexibility index (Phi) is 8.59. The van der Waals surface area contributed by atoms with Crippen molar-refractivity contribution >= 4 is 24.0 Å². The van der Waals surface area contributed by atoms with E-state index in [1.807, 2.05) is 62.4 Å². The predicted molar refractivity (Wildman–Crippen MR) is 116 cm³/mol. The minimum absolute atomic E-state index is 0. The van der Waals surface area contributed by atoms with Gasteiger partial charge in [0, 0.05) is 30.6 Å². The molecule has 1 saturated heterocycles. The van der Waals surface area contributed by atoms with Crippen LogP contribution in [-0.4, -0.2) is 49.5 Å². The van der Waals surface area contributed by atoms with Crippen molar-refractivity contribution < 1.29 is 14.6 Å². The lowest BCUT2D eigenvalue weighted by molar-refractivity contribution is -0.0107. The second kappa shape index (κ2) is 10.5. The zero-order valence-corrected chi connectivity index (χ0v) is 18.0. The summed E-state index contributed by atoms with van der Waals surface area (Å²) >= 11 is 6.08. The first kappa shape index (κ1) is 23.0. The van der Waals surface area contributed by atoms with Crippen molar-refractivity contribution in [3.05, 3.63) is 64.7 Å². The van der Waals surface area contributed by atoms with Crippen LogP contribution in [0.15, 0.2) is 48.5 Å². The van der Waals surface area contributed by atoms with Gasteiger partial charge in [-0.2, -0.15) is 0 Å². The van der Waals surface area contributed by atoms with E-state index in [-0.39, 0.29) is 18.3 Å². The Morgan fingerprint density at radius 1 is 1.11 bits per heavy atom. The van der Waals surface area contributed by atoms with Crippen LogP contribution in [0.1, 0.15) is 30.9 Å². The molecular weight excluding hydrogens is 397 g/mol. The summed E-state index contributed by atoms with van der Waals surface area (Å²) < 4.78 is 11.0. The summed E-state index contributed by atoms with van der Waals surface area (Å²) in [7, 11) is 0. The lowest BCUT2D eigenvalue weighted by Crippen LogP contribution is -2.43. The average Bonchev–Trinajstić information content (AvgIpc) is 2.68. The Balaban J connectivity index is 0.00000280. The molecule has 0 spiro atoms. The van der Waals surface area contributed by atoms with Gasteiger partial charge in [0.25, 0.3) is 0 Å². The van der Waals surface area contributed by atoms with E-state index in [9.17, 15) is 5.11 Å². The molecule has 0 aliphatic carbocycles. The molecule has 2 atom stereocenters. The average molecular weight is 426 g/mol. The molecule has 1 aliphatic rings. The predicted octanol–water partition coefficient (Wildman–Crippen LogP) is 4.48. The van der Waals surface area contributed by atoms with E-state index >= 15 is 0 Å². The van der Waals surface area contributed by atoms with Gasteiger partial charge in [-0.25, -0.2) is 0 Å². The van der Waals surface area contributed by atoms with Crippen LogP contribution in [0.3, 0.4) is 0 Å². The molecule has 2 aromatic rings. The fraction of sp³-hybridized carbons (Fsp3) is 0.455. The summed E-state index contributed by atoms with van der Waals surface area (Å²) in [5, 5.41) is 12.3. The van der Waals surface area contributed by atoms with E-state index in [4.69, 9.17) is 21.1 Å². The third-order valence-corrected chi connectivity index (χ3v) is 5.50. The van der Waals surface area contributed by atoms with E-state index in [1.54, 1.807) is 0 Å². The lowest BCUT2D eigenvalue weighted by Gasteiger charge is -2.38. The van der Waals surface area contributed by atoms with Crippen LogP contribution in [0.5, 0.6) is 5.75 Å². The molecule has 2 aromatic carbocycles. The van der Waals surface area contributed by atoms with Crippen LogP contribution >= 0.6 is 24.0 Å². The van der Waals surface area contributed by atoms with Gasteiger partial charge in [0.05, 0.1) is 25.4 Å². The van der Waals surface area contributed by atoms with Gasteiger partial charge in [-0.15, -0.1) is 12.4 Å². The maximum Gasteiger partial charge on any atom is 0.119 e. The van der Waals surface area contributed by atoms with Crippen LogP contribution in [0.25, 0.3) is 0 Å². The number of aliphatic hydroxyl groups is 1. The quantitative estimate of drug-likeness (QED) is 0.709. The number of hydrogen-bond acceptors (Lipinski definition) is 4. The van der Waals surface area contributed by atoms with Crippen LogP contribution in [0.2, 0.25) is 5.02 Å². The fourth-order valence-corrected chi connectivity index (χ4v) is 3.73. The summed E-state index contributed by atoms with van der Waals surface area (Å²) in [6.07, 6.45) is 0. The molecule has 1 aliphatic heterocycles. The highest BCUT2D eigenvalue weighted by Gasteiger charge is 2.36. The SMILES string of the molecule is CCOc1ccc(C(C)(O)C(CN2CCOCC2)c2ccc(Cl)cc2)cc1.Cl. The van der Waals surface area contributed by atoms with Crippen LogP contribution in [-0.2, 0) is 10.3 Å². The number of benzene rings is 2. The molecular formula is C22H29Cl2NO3. The highest BCUT2D eigenvalue weighted by atomic mass is 35.5. The molecule has 3 rings (SSSR count). The Bertz CT molecular complexity index is 714. The Hall–Kier alpha value is -1.30. The highest BCUT2D eigenvalue weighted by molar-refractivity contribution is 6.30. The van der Waals surface area contributed by atoms with Gasteiger partial charge in [0.2, 0.25) is 0 Å². The van der Waals surface area contributed by atoms with Crippen molar-refractivity contribution in [2.75, 3.05) is 39.5 Å². The number of halogens is 2. The monoisotopic (exact) mass is 425 g/mol. The summed E-state index contributed by atoms with van der Waals surface area (Å²) in [5.41, 5.74) is 0.917. The first-order valence-corrected chi connectivity index (χ1v) is 9.89. The summed E-state index contributed by atoms with van der Waals surface area (Å²) in [5.74, 6) is 0.721. The van der Waals surface area contributed by atoms with E-state index in [0.717, 1.165) is 49.7 Å². The van der Waals surface area contributed by atoms with Crippen molar-refractivity contribution in [2.45, 2.75) is 25.4 Å². The Labute approximate surface area is 178 Å². The molecule has 1 N–H and O–H groups in total. The second-order valence-corrected chi connectivity index (χ2v) is 7.56. The Morgan fingerprint density at radius 3 is 2.29 bits per heavy atom. The molecule has 0 amide bonds. The van der Waals surface area contributed by atoms with Gasteiger partial charge in [-0.05, 0) is 49.2 Å². The number of ether oxygens (including phenoxy) is 2. The molecule has 1 heterocycles. The normalized spacial score (nSPS) is 18.0. The van der Waals surface area contributed by atoms with Gasteiger partial charge >= 0.3 is 0 Å². The summed E-state index contributed by atoms with van der Waals surface area (Å²) in [6.45, 7) is 8.46. The molecule has 1 fully saturated rings. The molecule has 0 radical (unpaired) electrons. The molecule has 4 nitrogen and oxygen atoms in total. The topological polar surface area (TPSA) is 41.9 Å². The van der Waals surface area contributed by atoms with E-state index < -0.39 is 5.60 Å². The van der Waals surface area contributed by atoms with Gasteiger partial charge in [0.15, 0.2) is 0 Å². The van der Waals surface area contributed by atoms with Crippen LogP contribution in [0, 0.1) is 0 Å². The standard InChI is InChI=1S/C22H28ClNO3.ClH/c1-3-27-20-10-6-18(7-11-20)22(2,25)21(16-24-12-14-26-15-13-24)17-4-8-19(23)9-5-17;/h4-11,21,25H,3,12-16H2,1-2H3;1H. The number of hydrogen-bond donors (Lipinski definition) is 1. The van der Waals surface area contributed by atoms with E-state index in [1.165, 1.54) is 0 Å². The first-order valence-electron chi connectivity index (χ1n) is 9.52. The molecule has 28 heavy (non-hydrogen) atoms. The smallest absolute Gasteiger partial charge is 0.119 e. The third kappa shape index (κ3) is 5.62. The van der Waals surface area contributed by atoms with Crippen LogP contribution in [0.4, 0.5) is 0 Å². The van der Waals surface area contributed by atoms with E-state index in [2.05, 4.69) is 4.90 Å². The van der Waals surface area contributed by atoms with Crippen molar-refractivity contribution in [3.63, 3.8) is 0 Å². The largest absolute Gasteiger partial charge is 0.494 e. The van der Waals surface area contributed by atoms with Crippen molar-refractivity contribution in [3.8, 4) is 5.75 Å². The van der Waals surface area contributed by atoms with Crippen LogP contribution < -0.4 is 4.74 Å². The second-order valence-electron chi connectivity index (χ2n) is 7.12. The maximum absolute atomic E-state index is 11.6. The number of rotatable bonds is 7. The fourth-order valence-electron chi connectivity index (χ4n) is 3.60. The van der Waals surface area contributed by atoms with Crippen molar-refractivity contribution in [1.29, 1.82) is 0 Å². The zero-order valence-electron chi connectivity index (χ0n) is 16.4. The first-order chi connectivity index (χ1) is 13.0. The summed E-state index contributed by atoms with van der Waals surface area (Å²) in [6, 6.07) is 15.5. The van der Waals surface area contributed by atoms with Crippen molar-refractivity contribution in [2.24, 2.45) is 0 Å². The van der Waals surface area contributed by atoms with Gasteiger partial charge in [-0.1, -0.05) is 35.9 Å². The molecule has 2 unspecified atom stereocenters. The minimum atomic E-state index is -1.03. The van der Waals surface area contributed by atoms with Crippen molar-refractivity contribution in [1.82, 2.24) is 4.90 Å². The third-order valence-electron chi connectivity index (χ3n) is 5.25. The maximum atomic E-state index is 11.6. The number of morpholine rings is 1.